The number of anilines is 1. The monoisotopic (exact) mass is 442 g/mol. The number of hydrogen-bond acceptors (Lipinski definition) is 4. The zero-order valence-electron chi connectivity index (χ0n) is 18.6. The SMILES string of the molecule is CCCCN(C)CCOc1cc2c(cc1OC)CCN2C(=O)/C=C/c1ccccc1Cl. The first kappa shape index (κ1) is 23.2. The molecule has 0 fully saturated rings. The maximum absolute atomic E-state index is 12.9. The summed E-state index contributed by atoms with van der Waals surface area (Å²) < 4.78 is 11.6. The molecule has 0 radical (unpaired) electrons. The van der Waals surface area contributed by atoms with Crippen LogP contribution in [0.15, 0.2) is 42.5 Å². The molecule has 0 unspecified atom stereocenters. The summed E-state index contributed by atoms with van der Waals surface area (Å²) in [4.78, 5) is 16.9. The molecule has 3 rings (SSSR count). The molecule has 6 heteroatoms. The Bertz CT molecular complexity index is 929. The van der Waals surface area contributed by atoms with Gasteiger partial charge in [-0.3, -0.25) is 4.79 Å². The summed E-state index contributed by atoms with van der Waals surface area (Å²) in [7, 11) is 3.75. The predicted octanol–water partition coefficient (Wildman–Crippen LogP) is 5.06. The number of carbonyl (C=O) groups is 1. The van der Waals surface area contributed by atoms with E-state index in [0.717, 1.165) is 36.3 Å². The number of carbonyl (C=O) groups excluding carboxylic acids is 1. The summed E-state index contributed by atoms with van der Waals surface area (Å²) in [6.45, 7) is 5.28. The van der Waals surface area contributed by atoms with E-state index in [1.54, 1.807) is 24.2 Å². The molecule has 1 amide bonds. The Morgan fingerprint density at radius 3 is 2.77 bits per heavy atom. The molecule has 1 heterocycles. The van der Waals surface area contributed by atoms with Gasteiger partial charge in [0.2, 0.25) is 0 Å². The molecule has 0 saturated heterocycles. The number of hydrogen-bond donors (Lipinski definition) is 0. The molecule has 0 N–H and O–H groups in total. The van der Waals surface area contributed by atoms with Gasteiger partial charge in [-0.05, 0) is 55.8 Å². The van der Waals surface area contributed by atoms with Crippen LogP contribution in [0.2, 0.25) is 5.02 Å². The zero-order valence-corrected chi connectivity index (χ0v) is 19.3. The standard InChI is InChI=1S/C25H31ClN2O3/c1-4-5-13-27(2)15-16-31-24-18-22-20(17-23(24)30-3)12-14-28(22)25(29)11-10-19-8-6-7-9-21(19)26/h6-11,17-18H,4-5,12-16H2,1-3H3/b11-10+. The molecule has 1 aliphatic heterocycles. The minimum Gasteiger partial charge on any atom is -0.493 e. The number of methoxy groups -OCH3 is 1. The highest BCUT2D eigenvalue weighted by Crippen LogP contribution is 2.39. The van der Waals surface area contributed by atoms with Crippen LogP contribution in [-0.2, 0) is 11.2 Å². The van der Waals surface area contributed by atoms with Crippen molar-refractivity contribution in [2.24, 2.45) is 0 Å². The summed E-state index contributed by atoms with van der Waals surface area (Å²) in [6.07, 6.45) is 6.48. The van der Waals surface area contributed by atoms with Crippen LogP contribution in [0.5, 0.6) is 11.5 Å². The zero-order chi connectivity index (χ0) is 22.2. The van der Waals surface area contributed by atoms with Crippen molar-refractivity contribution in [3.63, 3.8) is 0 Å². The minimum atomic E-state index is -0.0749. The summed E-state index contributed by atoms with van der Waals surface area (Å²) in [5.74, 6) is 1.30. The summed E-state index contributed by atoms with van der Waals surface area (Å²) >= 11 is 6.19. The van der Waals surface area contributed by atoms with Crippen molar-refractivity contribution in [1.82, 2.24) is 4.90 Å². The van der Waals surface area contributed by atoms with Crippen LogP contribution < -0.4 is 14.4 Å². The van der Waals surface area contributed by atoms with E-state index in [0.29, 0.717) is 29.7 Å². The van der Waals surface area contributed by atoms with E-state index in [9.17, 15) is 4.79 Å². The lowest BCUT2D eigenvalue weighted by Gasteiger charge is -2.20. The van der Waals surface area contributed by atoms with Crippen LogP contribution in [0.1, 0.15) is 30.9 Å². The van der Waals surface area contributed by atoms with Gasteiger partial charge in [0.1, 0.15) is 6.61 Å². The van der Waals surface area contributed by atoms with Gasteiger partial charge in [0, 0.05) is 30.3 Å². The van der Waals surface area contributed by atoms with Crippen LogP contribution >= 0.6 is 11.6 Å². The Kier molecular flexibility index (Phi) is 8.38. The largest absolute Gasteiger partial charge is 0.493 e. The van der Waals surface area contributed by atoms with Crippen molar-refractivity contribution in [1.29, 1.82) is 0 Å². The van der Waals surface area contributed by atoms with Crippen molar-refractivity contribution in [2.75, 3.05) is 45.3 Å². The molecule has 5 nitrogen and oxygen atoms in total. The van der Waals surface area contributed by atoms with Crippen molar-refractivity contribution >= 4 is 29.3 Å². The third-order valence-electron chi connectivity index (χ3n) is 5.46. The van der Waals surface area contributed by atoms with Crippen molar-refractivity contribution in [2.45, 2.75) is 26.2 Å². The average molecular weight is 443 g/mol. The molecule has 2 aromatic rings. The predicted molar refractivity (Wildman–Crippen MR) is 127 cm³/mol. The van der Waals surface area contributed by atoms with Gasteiger partial charge in [-0.15, -0.1) is 0 Å². The number of halogens is 1. The van der Waals surface area contributed by atoms with Gasteiger partial charge in [0.05, 0.1) is 12.8 Å². The molecule has 0 bridgehead atoms. The maximum Gasteiger partial charge on any atom is 0.251 e. The lowest BCUT2D eigenvalue weighted by Crippen LogP contribution is -2.27. The number of rotatable bonds is 10. The maximum atomic E-state index is 12.9. The van der Waals surface area contributed by atoms with Crippen molar-refractivity contribution in [3.05, 3.63) is 58.6 Å². The van der Waals surface area contributed by atoms with E-state index in [2.05, 4.69) is 18.9 Å². The molecule has 0 atom stereocenters. The fourth-order valence-electron chi connectivity index (χ4n) is 3.61. The van der Waals surface area contributed by atoms with Gasteiger partial charge in [-0.2, -0.15) is 0 Å². The number of likely N-dealkylation sites (N-methyl/N-ethyl adjacent to an activating group) is 1. The Balaban J connectivity index is 1.71. The second kappa shape index (κ2) is 11.2. The van der Waals surface area contributed by atoms with Gasteiger partial charge >= 0.3 is 0 Å². The number of ether oxygens (including phenoxy) is 2. The molecule has 0 aromatic heterocycles. The lowest BCUT2D eigenvalue weighted by atomic mass is 10.1. The minimum absolute atomic E-state index is 0.0749. The molecular formula is C25H31ClN2O3. The van der Waals surface area contributed by atoms with Gasteiger partial charge in [-0.25, -0.2) is 0 Å². The number of nitrogens with zero attached hydrogens (tertiary/aromatic N) is 2. The lowest BCUT2D eigenvalue weighted by molar-refractivity contribution is -0.114. The quantitative estimate of drug-likeness (QED) is 0.482. The van der Waals surface area contributed by atoms with E-state index < -0.39 is 0 Å². The van der Waals surface area contributed by atoms with Crippen LogP contribution in [0, 0.1) is 0 Å². The first-order valence-electron chi connectivity index (χ1n) is 10.8. The van der Waals surface area contributed by atoms with E-state index in [-0.39, 0.29) is 5.91 Å². The molecule has 1 aliphatic rings. The normalized spacial score (nSPS) is 13.1. The Labute approximate surface area is 190 Å². The molecule has 31 heavy (non-hydrogen) atoms. The van der Waals surface area contributed by atoms with E-state index >= 15 is 0 Å². The second-order valence-corrected chi connectivity index (χ2v) is 8.14. The Morgan fingerprint density at radius 1 is 1.23 bits per heavy atom. The van der Waals surface area contributed by atoms with Gasteiger partial charge in [0.15, 0.2) is 11.5 Å². The first-order valence-corrected chi connectivity index (χ1v) is 11.2. The smallest absolute Gasteiger partial charge is 0.251 e. The summed E-state index contributed by atoms with van der Waals surface area (Å²) in [5, 5.41) is 0.623. The molecular weight excluding hydrogens is 412 g/mol. The van der Waals surface area contributed by atoms with Gasteiger partial charge in [-0.1, -0.05) is 43.1 Å². The third-order valence-corrected chi connectivity index (χ3v) is 5.81. The van der Waals surface area contributed by atoms with Crippen molar-refractivity contribution in [3.8, 4) is 11.5 Å². The first-order chi connectivity index (χ1) is 15.0. The highest BCUT2D eigenvalue weighted by molar-refractivity contribution is 6.32. The molecule has 0 spiro atoms. The molecule has 2 aromatic carbocycles. The highest BCUT2D eigenvalue weighted by Gasteiger charge is 2.26. The molecule has 0 saturated carbocycles. The highest BCUT2D eigenvalue weighted by atomic mass is 35.5. The van der Waals surface area contributed by atoms with Gasteiger partial charge in [0.25, 0.3) is 5.91 Å². The molecule has 166 valence electrons. The average Bonchev–Trinajstić information content (AvgIpc) is 3.19. The third kappa shape index (κ3) is 6.02. The van der Waals surface area contributed by atoms with Crippen LogP contribution in [0.3, 0.4) is 0 Å². The van der Waals surface area contributed by atoms with Crippen molar-refractivity contribution < 1.29 is 14.3 Å². The van der Waals surface area contributed by atoms with Crippen LogP contribution in [0.25, 0.3) is 6.08 Å². The second-order valence-electron chi connectivity index (χ2n) is 7.73. The summed E-state index contributed by atoms with van der Waals surface area (Å²) in [5.41, 5.74) is 2.79. The van der Waals surface area contributed by atoms with E-state index in [4.69, 9.17) is 21.1 Å². The number of amides is 1. The van der Waals surface area contributed by atoms with E-state index in [1.807, 2.05) is 36.4 Å². The summed E-state index contributed by atoms with van der Waals surface area (Å²) in [6, 6.07) is 11.4. The fourth-order valence-corrected chi connectivity index (χ4v) is 3.81. The molecule has 0 aliphatic carbocycles. The topological polar surface area (TPSA) is 42.0 Å². The Hall–Kier alpha value is -2.50. The van der Waals surface area contributed by atoms with E-state index in [1.165, 1.54) is 12.8 Å². The fraction of sp³-hybridized carbons (Fsp3) is 0.400. The van der Waals surface area contributed by atoms with Crippen LogP contribution in [-0.4, -0.2) is 51.2 Å². The number of benzene rings is 2. The Morgan fingerprint density at radius 2 is 2.03 bits per heavy atom. The van der Waals surface area contributed by atoms with Gasteiger partial charge < -0.3 is 19.3 Å². The number of unbranched alkanes of at least 4 members (excludes halogenated alkanes) is 1. The van der Waals surface area contributed by atoms with Crippen LogP contribution in [0.4, 0.5) is 5.69 Å². The number of fused-ring (bicyclic) bond motifs is 1.